The van der Waals surface area contributed by atoms with Gasteiger partial charge in [0.05, 0.1) is 6.61 Å². The number of anilines is 1. The van der Waals surface area contributed by atoms with Crippen molar-refractivity contribution in [2.75, 3.05) is 31.7 Å². The number of aryl methyl sites for hydroxylation is 1. The predicted octanol–water partition coefficient (Wildman–Crippen LogP) is 3.67. The fourth-order valence-corrected chi connectivity index (χ4v) is 2.54. The molecule has 0 aromatic heterocycles. The average molecular weight is 296 g/mol. The van der Waals surface area contributed by atoms with E-state index in [2.05, 4.69) is 37.9 Å². The third kappa shape index (κ3) is 4.68. The van der Waals surface area contributed by atoms with E-state index in [-0.39, 0.29) is 11.9 Å². The zero-order valence-corrected chi connectivity index (χ0v) is 14.2. The van der Waals surface area contributed by atoms with Gasteiger partial charge in [-0.1, -0.05) is 6.92 Å². The number of benzene rings is 1. The lowest BCUT2D eigenvalue weighted by atomic mass is 10.0. The maximum atomic E-state index is 14.0. The van der Waals surface area contributed by atoms with Crippen molar-refractivity contribution in [3.05, 3.63) is 29.1 Å². The van der Waals surface area contributed by atoms with Gasteiger partial charge in [-0.2, -0.15) is 0 Å². The minimum Gasteiger partial charge on any atom is -0.383 e. The lowest BCUT2D eigenvalue weighted by molar-refractivity contribution is 0.203. The third-order valence-electron chi connectivity index (χ3n) is 3.75. The monoisotopic (exact) mass is 296 g/mol. The van der Waals surface area contributed by atoms with Crippen molar-refractivity contribution in [3.8, 4) is 0 Å². The van der Waals surface area contributed by atoms with Gasteiger partial charge in [-0.05, 0) is 57.5 Å². The Morgan fingerprint density at radius 2 is 1.95 bits per heavy atom. The summed E-state index contributed by atoms with van der Waals surface area (Å²) >= 11 is 0. The molecule has 1 unspecified atom stereocenters. The average Bonchev–Trinajstić information content (AvgIpc) is 2.42. The molecule has 0 fully saturated rings. The normalized spacial score (nSPS) is 12.8. The van der Waals surface area contributed by atoms with Crippen LogP contribution in [0.15, 0.2) is 12.1 Å². The third-order valence-corrected chi connectivity index (χ3v) is 3.75. The lowest BCUT2D eigenvalue weighted by Crippen LogP contribution is -2.35. The first-order valence-electron chi connectivity index (χ1n) is 7.71. The van der Waals surface area contributed by atoms with Crippen molar-refractivity contribution >= 4 is 5.69 Å². The number of hydrogen-bond acceptors (Lipinski definition) is 3. The Kier molecular flexibility index (Phi) is 7.12. The van der Waals surface area contributed by atoms with E-state index in [1.807, 2.05) is 13.0 Å². The molecule has 0 aliphatic heterocycles. The Hall–Kier alpha value is -1.13. The van der Waals surface area contributed by atoms with Gasteiger partial charge in [0.1, 0.15) is 5.82 Å². The zero-order chi connectivity index (χ0) is 16.0. The highest BCUT2D eigenvalue weighted by atomic mass is 19.1. The number of ether oxygens (including phenoxy) is 1. The van der Waals surface area contributed by atoms with Crippen LogP contribution in [0.2, 0.25) is 0 Å². The summed E-state index contributed by atoms with van der Waals surface area (Å²) < 4.78 is 19.2. The minimum atomic E-state index is -0.144. The molecule has 0 aliphatic rings. The van der Waals surface area contributed by atoms with Crippen molar-refractivity contribution in [2.24, 2.45) is 0 Å². The zero-order valence-electron chi connectivity index (χ0n) is 14.2. The summed E-state index contributed by atoms with van der Waals surface area (Å²) in [6, 6.07) is 4.07. The highest BCUT2D eigenvalue weighted by molar-refractivity contribution is 5.57. The van der Waals surface area contributed by atoms with Crippen LogP contribution in [0.5, 0.6) is 0 Å². The van der Waals surface area contributed by atoms with Crippen molar-refractivity contribution < 1.29 is 9.13 Å². The molecule has 0 radical (unpaired) electrons. The quantitative estimate of drug-likeness (QED) is 0.792. The largest absolute Gasteiger partial charge is 0.383 e. The summed E-state index contributed by atoms with van der Waals surface area (Å²) in [4.78, 5) is 2.28. The van der Waals surface area contributed by atoms with E-state index in [1.54, 1.807) is 13.2 Å². The Labute approximate surface area is 128 Å². The summed E-state index contributed by atoms with van der Waals surface area (Å²) in [5.74, 6) is -0.144. The minimum absolute atomic E-state index is 0.115. The smallest absolute Gasteiger partial charge is 0.126 e. The van der Waals surface area contributed by atoms with Crippen LogP contribution in [0, 0.1) is 12.7 Å². The molecule has 4 heteroatoms. The van der Waals surface area contributed by atoms with Crippen LogP contribution in [-0.4, -0.2) is 32.8 Å². The second-order valence-corrected chi connectivity index (χ2v) is 5.72. The first kappa shape index (κ1) is 17.9. The molecule has 0 heterocycles. The molecule has 0 saturated heterocycles. The van der Waals surface area contributed by atoms with Crippen LogP contribution in [-0.2, 0) is 4.74 Å². The van der Waals surface area contributed by atoms with Gasteiger partial charge in [0, 0.05) is 31.4 Å². The molecule has 0 bridgehead atoms. The Morgan fingerprint density at radius 1 is 1.29 bits per heavy atom. The van der Waals surface area contributed by atoms with Crippen molar-refractivity contribution in [1.82, 2.24) is 5.32 Å². The first-order chi connectivity index (χ1) is 9.92. The van der Waals surface area contributed by atoms with Gasteiger partial charge in [-0.25, -0.2) is 4.39 Å². The van der Waals surface area contributed by atoms with E-state index >= 15 is 0 Å². The maximum Gasteiger partial charge on any atom is 0.126 e. The molecule has 120 valence electrons. The number of halogens is 1. The van der Waals surface area contributed by atoms with Crippen LogP contribution < -0.4 is 10.2 Å². The Balaban J connectivity index is 3.25. The molecule has 21 heavy (non-hydrogen) atoms. The van der Waals surface area contributed by atoms with Crippen LogP contribution in [0.25, 0.3) is 0 Å². The molecular weight excluding hydrogens is 267 g/mol. The second-order valence-electron chi connectivity index (χ2n) is 5.72. The molecule has 1 N–H and O–H groups in total. The summed E-state index contributed by atoms with van der Waals surface area (Å²) in [7, 11) is 1.70. The summed E-state index contributed by atoms with van der Waals surface area (Å²) in [5.41, 5.74) is 2.78. The lowest BCUT2D eigenvalue weighted by Gasteiger charge is -2.32. The van der Waals surface area contributed by atoms with Crippen LogP contribution in [0.4, 0.5) is 10.1 Å². The standard InChI is InChI=1S/C17H29FN2O/c1-7-19-14(5)15-11-16(18)13(4)10-17(15)20(12(2)3)8-9-21-6/h10-12,14,19H,7-9H2,1-6H3. The molecule has 1 aromatic carbocycles. The number of hydrogen-bond donors (Lipinski definition) is 1. The van der Waals surface area contributed by atoms with Gasteiger partial charge in [0.15, 0.2) is 0 Å². The molecule has 0 saturated carbocycles. The molecule has 1 atom stereocenters. The molecule has 0 spiro atoms. The van der Waals surface area contributed by atoms with E-state index in [1.165, 1.54) is 0 Å². The highest BCUT2D eigenvalue weighted by Crippen LogP contribution is 2.30. The van der Waals surface area contributed by atoms with Crippen LogP contribution in [0.3, 0.4) is 0 Å². The van der Waals surface area contributed by atoms with E-state index < -0.39 is 0 Å². The molecule has 1 aromatic rings. The molecule has 0 amide bonds. The molecule has 1 rings (SSSR count). The SMILES string of the molecule is CCNC(C)c1cc(F)c(C)cc1N(CCOC)C(C)C. The van der Waals surface area contributed by atoms with E-state index in [4.69, 9.17) is 4.74 Å². The second kappa shape index (κ2) is 8.35. The fraction of sp³-hybridized carbons (Fsp3) is 0.647. The molecular formula is C17H29FN2O. The van der Waals surface area contributed by atoms with Crippen LogP contribution >= 0.6 is 0 Å². The van der Waals surface area contributed by atoms with Gasteiger partial charge in [-0.15, -0.1) is 0 Å². The predicted molar refractivity (Wildman–Crippen MR) is 87.6 cm³/mol. The van der Waals surface area contributed by atoms with E-state index in [0.29, 0.717) is 18.2 Å². The van der Waals surface area contributed by atoms with Crippen molar-refractivity contribution in [2.45, 2.75) is 46.7 Å². The van der Waals surface area contributed by atoms with Crippen LogP contribution in [0.1, 0.15) is 44.9 Å². The maximum absolute atomic E-state index is 14.0. The molecule has 3 nitrogen and oxygen atoms in total. The summed E-state index contributed by atoms with van der Waals surface area (Å²) in [6.45, 7) is 12.6. The van der Waals surface area contributed by atoms with Crippen molar-refractivity contribution in [3.63, 3.8) is 0 Å². The fourth-order valence-electron chi connectivity index (χ4n) is 2.54. The number of nitrogens with one attached hydrogen (secondary N) is 1. The van der Waals surface area contributed by atoms with E-state index in [0.717, 1.165) is 24.3 Å². The van der Waals surface area contributed by atoms with Gasteiger partial charge >= 0.3 is 0 Å². The number of nitrogens with zero attached hydrogens (tertiary/aromatic N) is 1. The highest BCUT2D eigenvalue weighted by Gasteiger charge is 2.19. The topological polar surface area (TPSA) is 24.5 Å². The summed E-state index contributed by atoms with van der Waals surface area (Å²) in [5, 5.41) is 3.37. The van der Waals surface area contributed by atoms with Gasteiger partial charge in [0.25, 0.3) is 0 Å². The van der Waals surface area contributed by atoms with Gasteiger partial charge in [-0.3, -0.25) is 0 Å². The first-order valence-corrected chi connectivity index (χ1v) is 7.71. The molecule has 0 aliphatic carbocycles. The van der Waals surface area contributed by atoms with E-state index in [9.17, 15) is 4.39 Å². The number of rotatable bonds is 8. The van der Waals surface area contributed by atoms with Crippen molar-refractivity contribution in [1.29, 1.82) is 0 Å². The van der Waals surface area contributed by atoms with Gasteiger partial charge < -0.3 is 15.0 Å². The number of methoxy groups -OCH3 is 1. The van der Waals surface area contributed by atoms with Gasteiger partial charge in [0.2, 0.25) is 0 Å². The Morgan fingerprint density at radius 3 is 2.48 bits per heavy atom. The Bertz CT molecular complexity index is 449. The summed E-state index contributed by atoms with van der Waals surface area (Å²) in [6.07, 6.45) is 0.